The Bertz CT molecular complexity index is 774. The molecule has 0 saturated carbocycles. The topological polar surface area (TPSA) is 34.1 Å². The Labute approximate surface area is 128 Å². The number of hydrogen-bond acceptors (Lipinski definition) is 3. The molecule has 0 aliphatic heterocycles. The summed E-state index contributed by atoms with van der Waals surface area (Å²) in [5.74, 6) is 1.65. The Morgan fingerprint density at radius 2 is 1.81 bits per heavy atom. The Balaban J connectivity index is 1.91. The zero-order valence-electron chi connectivity index (χ0n) is 11.6. The van der Waals surface area contributed by atoms with Gasteiger partial charge in [0.05, 0.1) is 7.11 Å². The molecule has 0 unspecified atom stereocenters. The number of ether oxygens (including phenoxy) is 1. The van der Waals surface area contributed by atoms with E-state index in [2.05, 4.69) is 28.5 Å². The number of aromatic nitrogens is 1. The predicted molar refractivity (Wildman–Crippen MR) is 87.1 cm³/mol. The van der Waals surface area contributed by atoms with Crippen molar-refractivity contribution in [2.24, 2.45) is 0 Å². The first kappa shape index (κ1) is 13.7. The van der Waals surface area contributed by atoms with Crippen LogP contribution in [0.4, 0.5) is 5.82 Å². The first-order valence-electron chi connectivity index (χ1n) is 6.69. The number of benzene rings is 2. The van der Waals surface area contributed by atoms with Gasteiger partial charge < -0.3 is 10.1 Å². The molecule has 0 radical (unpaired) electrons. The lowest BCUT2D eigenvalue weighted by molar-refractivity contribution is 0.419. The molecule has 106 valence electrons. The van der Waals surface area contributed by atoms with Gasteiger partial charge in [-0.1, -0.05) is 48.0 Å². The monoisotopic (exact) mass is 298 g/mol. The summed E-state index contributed by atoms with van der Waals surface area (Å²) < 4.78 is 5.41. The van der Waals surface area contributed by atoms with Gasteiger partial charge in [0.25, 0.3) is 0 Å². The van der Waals surface area contributed by atoms with Gasteiger partial charge in [-0.3, -0.25) is 0 Å². The molecule has 3 aromatic rings. The summed E-state index contributed by atoms with van der Waals surface area (Å²) in [5.41, 5.74) is 1.19. The minimum absolute atomic E-state index is 0.486. The number of methoxy groups -OCH3 is 1. The zero-order chi connectivity index (χ0) is 14.7. The molecule has 21 heavy (non-hydrogen) atoms. The van der Waals surface area contributed by atoms with Crippen molar-refractivity contribution in [1.82, 2.24) is 4.98 Å². The number of nitrogens with zero attached hydrogens (tertiary/aromatic N) is 1. The number of halogens is 1. The summed E-state index contributed by atoms with van der Waals surface area (Å²) in [6.07, 6.45) is 0. The van der Waals surface area contributed by atoms with Gasteiger partial charge in [0.2, 0.25) is 0 Å². The van der Waals surface area contributed by atoms with E-state index in [1.807, 2.05) is 30.3 Å². The number of hydrogen-bond donors (Lipinski definition) is 1. The molecule has 0 spiro atoms. The molecule has 4 heteroatoms. The molecule has 1 N–H and O–H groups in total. The van der Waals surface area contributed by atoms with E-state index in [4.69, 9.17) is 16.3 Å². The highest BCUT2D eigenvalue weighted by molar-refractivity contribution is 6.29. The maximum absolute atomic E-state index is 5.89. The SMILES string of the molecule is COc1ccc(CNc2cccc(Cl)n2)c2ccccc12. The smallest absolute Gasteiger partial charge is 0.131 e. The maximum Gasteiger partial charge on any atom is 0.131 e. The fourth-order valence-electron chi connectivity index (χ4n) is 2.36. The van der Waals surface area contributed by atoms with Crippen molar-refractivity contribution in [1.29, 1.82) is 0 Å². The Morgan fingerprint density at radius 3 is 2.57 bits per heavy atom. The Morgan fingerprint density at radius 1 is 1.00 bits per heavy atom. The Kier molecular flexibility index (Phi) is 3.93. The van der Waals surface area contributed by atoms with Crippen molar-refractivity contribution in [2.75, 3.05) is 12.4 Å². The number of fused-ring (bicyclic) bond motifs is 1. The first-order chi connectivity index (χ1) is 10.3. The second kappa shape index (κ2) is 6.02. The summed E-state index contributed by atoms with van der Waals surface area (Å²) in [5, 5.41) is 6.06. The van der Waals surface area contributed by atoms with Gasteiger partial charge in [-0.05, 0) is 29.1 Å². The van der Waals surface area contributed by atoms with Gasteiger partial charge in [0.1, 0.15) is 16.7 Å². The highest BCUT2D eigenvalue weighted by atomic mass is 35.5. The molecule has 0 bridgehead atoms. The van der Waals surface area contributed by atoms with Crippen LogP contribution in [0.5, 0.6) is 5.75 Å². The number of nitrogens with one attached hydrogen (secondary N) is 1. The van der Waals surface area contributed by atoms with E-state index in [9.17, 15) is 0 Å². The molecule has 0 aliphatic carbocycles. The third-order valence-corrected chi connectivity index (χ3v) is 3.58. The summed E-state index contributed by atoms with van der Waals surface area (Å²) in [6, 6.07) is 17.8. The molecule has 1 heterocycles. The normalized spacial score (nSPS) is 10.6. The zero-order valence-corrected chi connectivity index (χ0v) is 12.4. The lowest BCUT2D eigenvalue weighted by atomic mass is 10.0. The summed E-state index contributed by atoms with van der Waals surface area (Å²) in [7, 11) is 1.69. The van der Waals surface area contributed by atoms with Crippen molar-refractivity contribution < 1.29 is 4.74 Å². The second-order valence-corrected chi connectivity index (χ2v) is 5.06. The quantitative estimate of drug-likeness (QED) is 0.720. The van der Waals surface area contributed by atoms with Crippen LogP contribution in [-0.2, 0) is 6.54 Å². The van der Waals surface area contributed by atoms with Crippen molar-refractivity contribution in [3.63, 3.8) is 0 Å². The van der Waals surface area contributed by atoms with E-state index < -0.39 is 0 Å². The molecule has 1 aromatic heterocycles. The van der Waals surface area contributed by atoms with E-state index in [0.717, 1.165) is 17.0 Å². The van der Waals surface area contributed by atoms with E-state index in [1.165, 1.54) is 10.9 Å². The van der Waals surface area contributed by atoms with Crippen LogP contribution in [0.1, 0.15) is 5.56 Å². The van der Waals surface area contributed by atoms with Crippen LogP contribution in [-0.4, -0.2) is 12.1 Å². The van der Waals surface area contributed by atoms with Crippen molar-refractivity contribution >= 4 is 28.2 Å². The van der Waals surface area contributed by atoms with E-state index in [1.54, 1.807) is 13.2 Å². The molecule has 0 atom stereocenters. The molecule has 0 amide bonds. The van der Waals surface area contributed by atoms with Crippen LogP contribution in [0.2, 0.25) is 5.15 Å². The molecular formula is C17H15ClN2O. The van der Waals surface area contributed by atoms with Crippen LogP contribution >= 0.6 is 11.6 Å². The molecular weight excluding hydrogens is 284 g/mol. The van der Waals surface area contributed by atoms with Crippen molar-refractivity contribution in [2.45, 2.75) is 6.54 Å². The Hall–Kier alpha value is -2.26. The second-order valence-electron chi connectivity index (χ2n) is 4.67. The van der Waals surface area contributed by atoms with E-state index in [0.29, 0.717) is 11.7 Å². The first-order valence-corrected chi connectivity index (χ1v) is 7.07. The molecule has 0 fully saturated rings. The van der Waals surface area contributed by atoms with E-state index >= 15 is 0 Å². The fourth-order valence-corrected chi connectivity index (χ4v) is 2.52. The van der Waals surface area contributed by atoms with Crippen molar-refractivity contribution in [3.8, 4) is 5.75 Å². The standard InChI is InChI=1S/C17H15ClN2O/c1-21-15-10-9-12(13-5-2-3-6-14(13)15)11-19-17-8-4-7-16(18)20-17/h2-10H,11H2,1H3,(H,19,20). The maximum atomic E-state index is 5.89. The molecule has 2 aromatic carbocycles. The largest absolute Gasteiger partial charge is 0.496 e. The van der Waals surface area contributed by atoms with Crippen LogP contribution in [0.3, 0.4) is 0 Å². The van der Waals surface area contributed by atoms with Crippen LogP contribution < -0.4 is 10.1 Å². The minimum atomic E-state index is 0.486. The summed E-state index contributed by atoms with van der Waals surface area (Å²) in [6.45, 7) is 0.678. The number of rotatable bonds is 4. The van der Waals surface area contributed by atoms with Crippen LogP contribution in [0.25, 0.3) is 10.8 Å². The molecule has 3 rings (SSSR count). The highest BCUT2D eigenvalue weighted by Gasteiger charge is 2.06. The third kappa shape index (κ3) is 2.93. The molecule has 0 saturated heterocycles. The van der Waals surface area contributed by atoms with Gasteiger partial charge in [-0.15, -0.1) is 0 Å². The van der Waals surface area contributed by atoms with Crippen LogP contribution in [0, 0.1) is 0 Å². The van der Waals surface area contributed by atoms with Gasteiger partial charge in [-0.25, -0.2) is 4.98 Å². The summed E-state index contributed by atoms with van der Waals surface area (Å²) >= 11 is 5.89. The summed E-state index contributed by atoms with van der Waals surface area (Å²) in [4.78, 5) is 4.23. The minimum Gasteiger partial charge on any atom is -0.496 e. The number of pyridine rings is 1. The van der Waals surface area contributed by atoms with E-state index in [-0.39, 0.29) is 0 Å². The number of anilines is 1. The molecule has 3 nitrogen and oxygen atoms in total. The average molecular weight is 299 g/mol. The predicted octanol–water partition coefficient (Wildman–Crippen LogP) is 4.51. The highest BCUT2D eigenvalue weighted by Crippen LogP contribution is 2.28. The van der Waals surface area contributed by atoms with Gasteiger partial charge >= 0.3 is 0 Å². The lowest BCUT2D eigenvalue weighted by Crippen LogP contribution is -2.02. The van der Waals surface area contributed by atoms with Crippen LogP contribution in [0.15, 0.2) is 54.6 Å². The van der Waals surface area contributed by atoms with Gasteiger partial charge in [0, 0.05) is 11.9 Å². The average Bonchev–Trinajstić information content (AvgIpc) is 2.52. The van der Waals surface area contributed by atoms with Gasteiger partial charge in [-0.2, -0.15) is 0 Å². The molecule has 0 aliphatic rings. The lowest BCUT2D eigenvalue weighted by Gasteiger charge is -2.11. The third-order valence-electron chi connectivity index (χ3n) is 3.37. The van der Waals surface area contributed by atoms with Crippen molar-refractivity contribution in [3.05, 3.63) is 65.3 Å². The fraction of sp³-hybridized carbons (Fsp3) is 0.118. The van der Waals surface area contributed by atoms with Gasteiger partial charge in [0.15, 0.2) is 0 Å².